The number of halogens is 3. The molecule has 3 rings (SSSR count). The van der Waals surface area contributed by atoms with Crippen LogP contribution in [-0.2, 0) is 0 Å². The van der Waals surface area contributed by atoms with Gasteiger partial charge in [-0.2, -0.15) is 18.4 Å². The third kappa shape index (κ3) is 5.68. The molecule has 2 aromatic rings. The number of alkyl halides is 3. The molecule has 1 aromatic carbocycles. The number of aliphatic imine (C=N–C) groups is 1. The van der Waals surface area contributed by atoms with Crippen LogP contribution in [0.4, 0.5) is 13.2 Å². The Morgan fingerprint density at radius 2 is 2.13 bits per heavy atom. The summed E-state index contributed by atoms with van der Waals surface area (Å²) in [6.07, 6.45) is -1.46. The molecule has 1 aromatic heterocycles. The van der Waals surface area contributed by atoms with Crippen molar-refractivity contribution in [2.75, 3.05) is 26.3 Å². The Morgan fingerprint density at radius 1 is 1.39 bits per heavy atom. The molecule has 11 heteroatoms. The van der Waals surface area contributed by atoms with Crippen molar-refractivity contribution in [3.63, 3.8) is 0 Å². The Hall–Kier alpha value is -3.23. The Balaban J connectivity index is 2.01. The molecular formula is C20H19F3N6OS. The zero-order valence-electron chi connectivity index (χ0n) is 16.3. The maximum absolute atomic E-state index is 12.9. The molecule has 31 heavy (non-hydrogen) atoms. The van der Waals surface area contributed by atoms with Crippen LogP contribution < -0.4 is 11.1 Å². The van der Waals surface area contributed by atoms with Gasteiger partial charge in [0, 0.05) is 30.1 Å². The van der Waals surface area contributed by atoms with Gasteiger partial charge in [0.1, 0.15) is 6.54 Å². The SMILES string of the molecule is N#Cc1ccc(-c2nc(C(=O)N3CCCNC3)sc2C(C=NCC(F)(F)F)=CN)cc1. The first-order chi connectivity index (χ1) is 14.8. The number of allylic oxidation sites excluding steroid dienone is 1. The van der Waals surface area contributed by atoms with Gasteiger partial charge >= 0.3 is 6.18 Å². The molecule has 0 saturated carbocycles. The molecule has 0 aliphatic carbocycles. The lowest BCUT2D eigenvalue weighted by molar-refractivity contribution is -0.118. The number of nitrogens with zero attached hydrogens (tertiary/aromatic N) is 4. The van der Waals surface area contributed by atoms with Crippen molar-refractivity contribution in [2.45, 2.75) is 12.6 Å². The number of amides is 1. The molecule has 1 amide bonds. The molecule has 0 spiro atoms. The highest BCUT2D eigenvalue weighted by Crippen LogP contribution is 2.34. The molecule has 2 heterocycles. The van der Waals surface area contributed by atoms with E-state index in [2.05, 4.69) is 15.3 Å². The largest absolute Gasteiger partial charge is 0.407 e. The van der Waals surface area contributed by atoms with Crippen molar-refractivity contribution < 1.29 is 18.0 Å². The van der Waals surface area contributed by atoms with E-state index in [9.17, 15) is 18.0 Å². The van der Waals surface area contributed by atoms with Gasteiger partial charge in [0.05, 0.1) is 28.9 Å². The van der Waals surface area contributed by atoms with Crippen molar-refractivity contribution in [3.8, 4) is 17.3 Å². The molecule has 1 saturated heterocycles. The van der Waals surface area contributed by atoms with E-state index in [1.807, 2.05) is 6.07 Å². The molecule has 162 valence electrons. The third-order valence-electron chi connectivity index (χ3n) is 4.41. The second-order valence-corrected chi connectivity index (χ2v) is 7.67. The third-order valence-corrected chi connectivity index (χ3v) is 5.50. The molecule has 7 nitrogen and oxygen atoms in total. The van der Waals surface area contributed by atoms with Gasteiger partial charge in [0.25, 0.3) is 5.91 Å². The number of nitriles is 1. The predicted octanol–water partition coefficient (Wildman–Crippen LogP) is 3.01. The number of nitrogens with two attached hydrogens (primary N) is 1. The number of thiazole rings is 1. The topological polar surface area (TPSA) is 107 Å². The van der Waals surface area contributed by atoms with Gasteiger partial charge in [-0.3, -0.25) is 15.1 Å². The number of hydrogen-bond donors (Lipinski definition) is 2. The number of carbonyl (C=O) groups is 1. The lowest BCUT2D eigenvalue weighted by atomic mass is 10.1. The first-order valence-electron chi connectivity index (χ1n) is 9.32. The lowest BCUT2D eigenvalue weighted by Crippen LogP contribution is -2.44. The Morgan fingerprint density at radius 3 is 2.71 bits per heavy atom. The fourth-order valence-corrected chi connectivity index (χ4v) is 3.97. The van der Waals surface area contributed by atoms with Crippen molar-refractivity contribution in [1.29, 1.82) is 5.26 Å². The summed E-state index contributed by atoms with van der Waals surface area (Å²) in [5, 5.41) is 12.3. The van der Waals surface area contributed by atoms with E-state index < -0.39 is 12.7 Å². The van der Waals surface area contributed by atoms with Crippen molar-refractivity contribution in [3.05, 3.63) is 45.9 Å². The highest BCUT2D eigenvalue weighted by molar-refractivity contribution is 7.15. The van der Waals surface area contributed by atoms with Crippen LogP contribution in [0.1, 0.15) is 26.7 Å². The second kappa shape index (κ2) is 9.72. The zero-order valence-corrected chi connectivity index (χ0v) is 17.1. The molecule has 0 atom stereocenters. The minimum Gasteiger partial charge on any atom is -0.404 e. The summed E-state index contributed by atoms with van der Waals surface area (Å²) in [4.78, 5) is 22.9. The van der Waals surface area contributed by atoms with Gasteiger partial charge in [-0.05, 0) is 25.1 Å². The first-order valence-corrected chi connectivity index (χ1v) is 10.1. The van der Waals surface area contributed by atoms with E-state index in [1.54, 1.807) is 29.2 Å². The van der Waals surface area contributed by atoms with Gasteiger partial charge in [0.15, 0.2) is 5.01 Å². The van der Waals surface area contributed by atoms with Gasteiger partial charge in [-0.15, -0.1) is 11.3 Å². The van der Waals surface area contributed by atoms with Crippen LogP contribution in [0.25, 0.3) is 16.8 Å². The molecule has 1 fully saturated rings. The minimum absolute atomic E-state index is 0.196. The van der Waals surface area contributed by atoms with E-state index in [-0.39, 0.29) is 16.5 Å². The second-order valence-electron chi connectivity index (χ2n) is 6.67. The summed E-state index contributed by atoms with van der Waals surface area (Å²) in [6, 6.07) is 8.53. The lowest BCUT2D eigenvalue weighted by Gasteiger charge is -2.26. The quantitative estimate of drug-likeness (QED) is 0.684. The molecule has 0 radical (unpaired) electrons. The van der Waals surface area contributed by atoms with Crippen LogP contribution in [0.15, 0.2) is 35.5 Å². The number of benzene rings is 1. The van der Waals surface area contributed by atoms with Crippen LogP contribution >= 0.6 is 11.3 Å². The Kier molecular flexibility index (Phi) is 7.04. The fraction of sp³-hybridized carbons (Fsp3) is 0.300. The average molecular weight is 448 g/mol. The standard InChI is InChI=1S/C20H19F3N6OS/c21-20(22,23)11-27-10-15(9-25)17-16(14-4-2-13(8-24)3-5-14)28-18(31-17)19(30)29-7-1-6-26-12-29/h2-5,9-10,26H,1,6-7,11-12,25H2. The maximum Gasteiger partial charge on any atom is 0.407 e. The molecule has 3 N–H and O–H groups in total. The number of hydrogen-bond acceptors (Lipinski definition) is 7. The Labute approximate surface area is 180 Å². The highest BCUT2D eigenvalue weighted by Gasteiger charge is 2.27. The number of carbonyl (C=O) groups excluding carboxylic acids is 1. The van der Waals surface area contributed by atoms with E-state index in [1.165, 1.54) is 0 Å². The van der Waals surface area contributed by atoms with Crippen molar-refractivity contribution in [2.24, 2.45) is 10.7 Å². The van der Waals surface area contributed by atoms with Crippen LogP contribution in [0.2, 0.25) is 0 Å². The molecule has 1 aliphatic heterocycles. The van der Waals surface area contributed by atoms with Crippen LogP contribution in [0, 0.1) is 11.3 Å². The smallest absolute Gasteiger partial charge is 0.404 e. The average Bonchev–Trinajstić information content (AvgIpc) is 3.21. The summed E-state index contributed by atoms with van der Waals surface area (Å²) < 4.78 is 37.5. The van der Waals surface area contributed by atoms with E-state index in [0.717, 1.165) is 36.7 Å². The summed E-state index contributed by atoms with van der Waals surface area (Å²) in [6.45, 7) is 0.450. The Bertz CT molecular complexity index is 1030. The van der Waals surface area contributed by atoms with Crippen LogP contribution in [0.5, 0.6) is 0 Å². The van der Waals surface area contributed by atoms with Crippen LogP contribution in [0.3, 0.4) is 0 Å². The van der Waals surface area contributed by atoms with E-state index in [4.69, 9.17) is 11.0 Å². The maximum atomic E-state index is 12.9. The molecule has 0 bridgehead atoms. The number of nitrogens with one attached hydrogen (secondary N) is 1. The summed E-state index contributed by atoms with van der Waals surface area (Å²) in [5.74, 6) is -0.276. The summed E-state index contributed by atoms with van der Waals surface area (Å²) in [7, 11) is 0. The number of aromatic nitrogens is 1. The summed E-state index contributed by atoms with van der Waals surface area (Å²) >= 11 is 1.04. The first kappa shape index (κ1) is 22.5. The fourth-order valence-electron chi connectivity index (χ4n) is 2.93. The van der Waals surface area contributed by atoms with Gasteiger partial charge < -0.3 is 10.6 Å². The normalized spacial score (nSPS) is 15.3. The van der Waals surface area contributed by atoms with E-state index in [0.29, 0.717) is 34.9 Å². The molecule has 0 unspecified atom stereocenters. The predicted molar refractivity (Wildman–Crippen MR) is 112 cm³/mol. The van der Waals surface area contributed by atoms with Crippen molar-refractivity contribution >= 4 is 29.0 Å². The zero-order chi connectivity index (χ0) is 22.4. The van der Waals surface area contributed by atoms with Crippen molar-refractivity contribution in [1.82, 2.24) is 15.2 Å². The monoisotopic (exact) mass is 448 g/mol. The van der Waals surface area contributed by atoms with Gasteiger partial charge in [-0.25, -0.2) is 4.98 Å². The molecular weight excluding hydrogens is 429 g/mol. The van der Waals surface area contributed by atoms with E-state index >= 15 is 0 Å². The molecule has 1 aliphatic rings. The highest BCUT2D eigenvalue weighted by atomic mass is 32.1. The van der Waals surface area contributed by atoms with Gasteiger partial charge in [-0.1, -0.05) is 12.1 Å². The minimum atomic E-state index is -4.44. The number of rotatable bonds is 5. The van der Waals surface area contributed by atoms with Crippen LogP contribution in [-0.4, -0.2) is 54.5 Å². The van der Waals surface area contributed by atoms with Gasteiger partial charge in [0.2, 0.25) is 0 Å². The summed E-state index contributed by atoms with van der Waals surface area (Å²) in [5.41, 5.74) is 7.32.